The third kappa shape index (κ3) is 2.66. The number of methoxy groups -OCH3 is 1. The van der Waals surface area contributed by atoms with Gasteiger partial charge in [-0.1, -0.05) is 13.0 Å². The second kappa shape index (κ2) is 4.89. The van der Waals surface area contributed by atoms with Gasteiger partial charge in [0, 0.05) is 0 Å². The second-order valence-electron chi connectivity index (χ2n) is 3.51. The third-order valence-corrected chi connectivity index (χ3v) is 2.00. The van der Waals surface area contributed by atoms with Crippen molar-refractivity contribution < 1.29 is 9.47 Å². The molecule has 1 rings (SSSR count). The van der Waals surface area contributed by atoms with Crippen LogP contribution in [0.1, 0.15) is 26.3 Å². The molecule has 2 nitrogen and oxygen atoms in total. The van der Waals surface area contributed by atoms with E-state index in [0.29, 0.717) is 0 Å². The van der Waals surface area contributed by atoms with Gasteiger partial charge in [0.1, 0.15) is 0 Å². The Morgan fingerprint density at radius 1 is 1.21 bits per heavy atom. The first kappa shape index (κ1) is 10.9. The van der Waals surface area contributed by atoms with Gasteiger partial charge in [-0.25, -0.2) is 0 Å². The molecule has 0 aliphatic heterocycles. The summed E-state index contributed by atoms with van der Waals surface area (Å²) in [5.41, 5.74) is 1.26. The van der Waals surface area contributed by atoms with Gasteiger partial charge < -0.3 is 9.47 Å². The van der Waals surface area contributed by atoms with Gasteiger partial charge in [0.25, 0.3) is 0 Å². The maximum Gasteiger partial charge on any atom is 0.161 e. The molecule has 78 valence electrons. The maximum absolute atomic E-state index is 5.61. The summed E-state index contributed by atoms with van der Waals surface area (Å²) in [5.74, 6) is 1.64. The average molecular weight is 194 g/mol. The molecule has 0 unspecified atom stereocenters. The second-order valence-corrected chi connectivity index (χ2v) is 3.51. The van der Waals surface area contributed by atoms with Crippen LogP contribution in [-0.4, -0.2) is 13.2 Å². The Labute approximate surface area is 85.8 Å². The number of ether oxygens (including phenoxy) is 2. The van der Waals surface area contributed by atoms with Crippen molar-refractivity contribution in [2.45, 2.75) is 33.3 Å². The van der Waals surface area contributed by atoms with Gasteiger partial charge in [-0.2, -0.15) is 0 Å². The molecule has 1 aromatic carbocycles. The van der Waals surface area contributed by atoms with Crippen LogP contribution in [0.2, 0.25) is 0 Å². The van der Waals surface area contributed by atoms with E-state index in [1.54, 1.807) is 7.11 Å². The van der Waals surface area contributed by atoms with E-state index in [2.05, 4.69) is 13.0 Å². The summed E-state index contributed by atoms with van der Waals surface area (Å²) < 4.78 is 10.9. The summed E-state index contributed by atoms with van der Waals surface area (Å²) in [6.07, 6.45) is 1.19. The van der Waals surface area contributed by atoms with Crippen LogP contribution in [0.4, 0.5) is 0 Å². The predicted octanol–water partition coefficient (Wildman–Crippen LogP) is 3.04. The highest BCUT2D eigenvalue weighted by Crippen LogP contribution is 2.28. The summed E-state index contributed by atoms with van der Waals surface area (Å²) >= 11 is 0. The Morgan fingerprint density at radius 2 is 1.93 bits per heavy atom. The zero-order chi connectivity index (χ0) is 10.6. The average Bonchev–Trinajstić information content (AvgIpc) is 2.17. The van der Waals surface area contributed by atoms with Gasteiger partial charge in [0.05, 0.1) is 13.2 Å². The summed E-state index contributed by atoms with van der Waals surface area (Å²) in [6, 6.07) is 6.07. The minimum atomic E-state index is 0.177. The van der Waals surface area contributed by atoms with Crippen molar-refractivity contribution in [3.63, 3.8) is 0 Å². The Hall–Kier alpha value is -1.18. The molecule has 0 bridgehead atoms. The highest BCUT2D eigenvalue weighted by Gasteiger charge is 2.06. The summed E-state index contributed by atoms with van der Waals surface area (Å²) in [4.78, 5) is 0. The first-order chi connectivity index (χ1) is 6.67. The summed E-state index contributed by atoms with van der Waals surface area (Å²) in [6.45, 7) is 6.14. The van der Waals surface area contributed by atoms with E-state index >= 15 is 0 Å². The molecule has 0 radical (unpaired) electrons. The van der Waals surface area contributed by atoms with Crippen molar-refractivity contribution in [1.82, 2.24) is 0 Å². The molecular formula is C12H18O2. The number of benzene rings is 1. The molecule has 0 aliphatic rings. The molecule has 0 amide bonds. The van der Waals surface area contributed by atoms with Crippen molar-refractivity contribution in [3.8, 4) is 11.5 Å². The molecule has 2 heteroatoms. The molecule has 0 heterocycles. The van der Waals surface area contributed by atoms with Crippen molar-refractivity contribution in [2.24, 2.45) is 0 Å². The van der Waals surface area contributed by atoms with Gasteiger partial charge in [-0.15, -0.1) is 0 Å². The molecule has 0 atom stereocenters. The molecule has 0 aromatic heterocycles. The first-order valence-electron chi connectivity index (χ1n) is 5.01. The van der Waals surface area contributed by atoms with Gasteiger partial charge in [0.2, 0.25) is 0 Å². The molecule has 14 heavy (non-hydrogen) atoms. The van der Waals surface area contributed by atoms with Crippen LogP contribution in [-0.2, 0) is 6.42 Å². The van der Waals surface area contributed by atoms with Crippen LogP contribution in [0.5, 0.6) is 11.5 Å². The maximum atomic E-state index is 5.61. The van der Waals surface area contributed by atoms with Gasteiger partial charge in [-0.05, 0) is 38.0 Å². The molecule has 0 fully saturated rings. The molecule has 0 N–H and O–H groups in total. The van der Waals surface area contributed by atoms with Crippen molar-refractivity contribution in [1.29, 1.82) is 0 Å². The zero-order valence-corrected chi connectivity index (χ0v) is 9.33. The minimum Gasteiger partial charge on any atom is -0.493 e. The molecule has 1 aromatic rings. The lowest BCUT2D eigenvalue weighted by molar-refractivity contribution is 0.230. The van der Waals surface area contributed by atoms with E-state index in [1.165, 1.54) is 5.56 Å². The van der Waals surface area contributed by atoms with Crippen LogP contribution in [0, 0.1) is 0 Å². The highest BCUT2D eigenvalue weighted by atomic mass is 16.5. The van der Waals surface area contributed by atoms with Gasteiger partial charge in [-0.3, -0.25) is 0 Å². The Balaban J connectivity index is 2.93. The van der Waals surface area contributed by atoms with Crippen LogP contribution >= 0.6 is 0 Å². The van der Waals surface area contributed by atoms with Crippen LogP contribution in [0.15, 0.2) is 18.2 Å². The largest absolute Gasteiger partial charge is 0.493 e. The number of rotatable bonds is 4. The fraction of sp³-hybridized carbons (Fsp3) is 0.500. The lowest BCUT2D eigenvalue weighted by atomic mass is 10.1. The van der Waals surface area contributed by atoms with E-state index in [-0.39, 0.29) is 6.10 Å². The number of aryl methyl sites for hydroxylation is 1. The van der Waals surface area contributed by atoms with Crippen molar-refractivity contribution in [3.05, 3.63) is 23.8 Å². The van der Waals surface area contributed by atoms with Gasteiger partial charge in [0.15, 0.2) is 11.5 Å². The normalized spacial score (nSPS) is 10.4. The number of hydrogen-bond donors (Lipinski definition) is 0. The zero-order valence-electron chi connectivity index (χ0n) is 9.33. The Bertz CT molecular complexity index is 292. The van der Waals surface area contributed by atoms with Crippen molar-refractivity contribution in [2.75, 3.05) is 7.11 Å². The van der Waals surface area contributed by atoms with Gasteiger partial charge >= 0.3 is 0 Å². The minimum absolute atomic E-state index is 0.177. The molecule has 0 aliphatic carbocycles. The summed E-state index contributed by atoms with van der Waals surface area (Å²) in [7, 11) is 1.67. The molecule has 0 spiro atoms. The molecule has 0 saturated carbocycles. The molecule has 0 saturated heterocycles. The monoisotopic (exact) mass is 194 g/mol. The Kier molecular flexibility index (Phi) is 3.81. The topological polar surface area (TPSA) is 18.5 Å². The third-order valence-electron chi connectivity index (χ3n) is 2.00. The van der Waals surface area contributed by atoms with Crippen LogP contribution < -0.4 is 9.47 Å². The smallest absolute Gasteiger partial charge is 0.161 e. The van der Waals surface area contributed by atoms with E-state index in [4.69, 9.17) is 9.47 Å². The van der Waals surface area contributed by atoms with E-state index in [0.717, 1.165) is 17.9 Å². The number of hydrogen-bond acceptors (Lipinski definition) is 2. The SMILES string of the molecule is CCc1ccc(OC(C)C)c(OC)c1. The first-order valence-corrected chi connectivity index (χ1v) is 5.01. The Morgan fingerprint density at radius 3 is 2.43 bits per heavy atom. The fourth-order valence-corrected chi connectivity index (χ4v) is 1.28. The highest BCUT2D eigenvalue weighted by molar-refractivity contribution is 5.43. The van der Waals surface area contributed by atoms with E-state index < -0.39 is 0 Å². The van der Waals surface area contributed by atoms with E-state index in [9.17, 15) is 0 Å². The van der Waals surface area contributed by atoms with Crippen molar-refractivity contribution >= 4 is 0 Å². The lowest BCUT2D eigenvalue weighted by Crippen LogP contribution is -2.06. The summed E-state index contributed by atoms with van der Waals surface area (Å²) in [5, 5.41) is 0. The van der Waals surface area contributed by atoms with E-state index in [1.807, 2.05) is 26.0 Å². The standard InChI is InChI=1S/C12H18O2/c1-5-10-6-7-11(14-9(2)3)12(8-10)13-4/h6-9H,5H2,1-4H3. The van der Waals surface area contributed by atoms with Crippen LogP contribution in [0.3, 0.4) is 0 Å². The predicted molar refractivity (Wildman–Crippen MR) is 58.1 cm³/mol. The van der Waals surface area contributed by atoms with Crippen LogP contribution in [0.25, 0.3) is 0 Å². The quantitative estimate of drug-likeness (QED) is 0.733. The molecular weight excluding hydrogens is 176 g/mol. The lowest BCUT2D eigenvalue weighted by Gasteiger charge is -2.14. The fourth-order valence-electron chi connectivity index (χ4n) is 1.28.